The van der Waals surface area contributed by atoms with Gasteiger partial charge in [-0.2, -0.15) is 0 Å². The Morgan fingerprint density at radius 3 is 1.37 bits per heavy atom. The highest BCUT2D eigenvalue weighted by Gasteiger charge is 1.93. The molecule has 0 unspecified atom stereocenters. The minimum Gasteiger partial charge on any atom is -0.259 e. The van der Waals surface area contributed by atoms with Crippen molar-refractivity contribution in [3.63, 3.8) is 0 Å². The molecule has 0 aromatic heterocycles. The quantitative estimate of drug-likeness (QED) is 0.253. The summed E-state index contributed by atoms with van der Waals surface area (Å²) in [6.45, 7) is 2.28. The Labute approximate surface area is 121 Å². The zero-order valence-electron chi connectivity index (χ0n) is 13.2. The van der Waals surface area contributed by atoms with Crippen molar-refractivity contribution in [1.29, 1.82) is 5.41 Å². The maximum atomic E-state index is 6.77. The van der Waals surface area contributed by atoms with Crippen LogP contribution in [0.3, 0.4) is 0 Å². The summed E-state index contributed by atoms with van der Waals surface area (Å²) in [5.74, 6) is 2.34. The highest BCUT2D eigenvalue weighted by Crippen LogP contribution is 2.13. The molecule has 112 valence electrons. The van der Waals surface area contributed by atoms with Crippen molar-refractivity contribution in [3.05, 3.63) is 6.08 Å². The highest BCUT2D eigenvalue weighted by molar-refractivity contribution is 5.46. The van der Waals surface area contributed by atoms with E-state index in [9.17, 15) is 0 Å². The van der Waals surface area contributed by atoms with Gasteiger partial charge in [0.05, 0.1) is 0 Å². The van der Waals surface area contributed by atoms with E-state index in [2.05, 4.69) is 12.8 Å². The number of nitrogens with one attached hydrogen (secondary N) is 1. The van der Waals surface area contributed by atoms with Crippen LogP contribution < -0.4 is 0 Å². The first-order chi connectivity index (χ1) is 9.41. The van der Waals surface area contributed by atoms with E-state index < -0.39 is 0 Å². The number of hydrogen-bond donors (Lipinski definition) is 1. The average molecular weight is 265 g/mol. The molecule has 0 rings (SSSR count). The molecule has 0 aliphatic rings. The molecule has 0 heterocycles. The standard InChI is InChI=1S/C18H35N/c1-2-3-4-5-6-7-8-9-10-11-12-13-14-15-16-17-18-19/h17,19H,2-16H2,1H3. The summed E-state index contributed by atoms with van der Waals surface area (Å²) in [4.78, 5) is 0. The first-order valence-electron chi connectivity index (χ1n) is 8.65. The lowest BCUT2D eigenvalue weighted by molar-refractivity contribution is 0.536. The Morgan fingerprint density at radius 2 is 1.00 bits per heavy atom. The van der Waals surface area contributed by atoms with Gasteiger partial charge < -0.3 is 0 Å². The molecule has 1 heteroatoms. The minimum absolute atomic E-state index is 1.04. The fourth-order valence-corrected chi connectivity index (χ4v) is 2.51. The summed E-state index contributed by atoms with van der Waals surface area (Å²) in [5, 5.41) is 6.77. The summed E-state index contributed by atoms with van der Waals surface area (Å²) < 4.78 is 0. The molecule has 0 amide bonds. The van der Waals surface area contributed by atoms with Crippen molar-refractivity contribution in [2.24, 2.45) is 0 Å². The van der Waals surface area contributed by atoms with Crippen LogP contribution >= 0.6 is 0 Å². The Morgan fingerprint density at radius 1 is 0.632 bits per heavy atom. The summed E-state index contributed by atoms with van der Waals surface area (Å²) in [7, 11) is 0. The van der Waals surface area contributed by atoms with Crippen LogP contribution in [0.4, 0.5) is 0 Å². The van der Waals surface area contributed by atoms with Crippen molar-refractivity contribution in [2.45, 2.75) is 103 Å². The van der Waals surface area contributed by atoms with E-state index in [1.807, 2.05) is 6.08 Å². The molecule has 1 nitrogen and oxygen atoms in total. The lowest BCUT2D eigenvalue weighted by Crippen LogP contribution is -1.83. The third kappa shape index (κ3) is 17.4. The largest absolute Gasteiger partial charge is 0.259 e. The molecule has 0 aromatic carbocycles. The van der Waals surface area contributed by atoms with Gasteiger partial charge in [0.1, 0.15) is 0 Å². The monoisotopic (exact) mass is 265 g/mol. The lowest BCUT2D eigenvalue weighted by Gasteiger charge is -2.02. The molecule has 0 saturated heterocycles. The lowest BCUT2D eigenvalue weighted by atomic mass is 10.0. The van der Waals surface area contributed by atoms with Gasteiger partial charge in [-0.15, -0.1) is 0 Å². The summed E-state index contributed by atoms with van der Waals surface area (Å²) in [5.41, 5.74) is 0. The van der Waals surface area contributed by atoms with Crippen LogP contribution in [0, 0.1) is 5.41 Å². The van der Waals surface area contributed by atoms with Gasteiger partial charge in [-0.1, -0.05) is 90.4 Å². The second-order valence-electron chi connectivity index (χ2n) is 5.73. The van der Waals surface area contributed by atoms with Crippen LogP contribution in [0.1, 0.15) is 103 Å². The molecule has 0 bridgehead atoms. The molecule has 0 aliphatic heterocycles. The van der Waals surface area contributed by atoms with Crippen molar-refractivity contribution < 1.29 is 0 Å². The number of allylic oxidation sites excluding steroid dienone is 1. The fraction of sp³-hybridized carbons (Fsp3) is 0.889. The van der Waals surface area contributed by atoms with Gasteiger partial charge in [0, 0.05) is 0 Å². The Hall–Kier alpha value is -0.550. The predicted octanol–water partition coefficient (Wildman–Crippen LogP) is 6.66. The van der Waals surface area contributed by atoms with Gasteiger partial charge in [-0.05, 0) is 24.8 Å². The fourth-order valence-electron chi connectivity index (χ4n) is 2.51. The van der Waals surface area contributed by atoms with Gasteiger partial charge in [0.15, 0.2) is 0 Å². The van der Waals surface area contributed by atoms with Gasteiger partial charge in [0.2, 0.25) is 0 Å². The number of hydrogen-bond acceptors (Lipinski definition) is 1. The molecule has 0 atom stereocenters. The zero-order valence-corrected chi connectivity index (χ0v) is 13.2. The van der Waals surface area contributed by atoms with Gasteiger partial charge in [-0.3, -0.25) is 5.41 Å². The maximum Gasteiger partial charge on any atom is -0.0234 e. The Bertz CT molecular complexity index is 204. The normalized spacial score (nSPS) is 10.4. The van der Waals surface area contributed by atoms with Crippen molar-refractivity contribution in [2.75, 3.05) is 0 Å². The first-order valence-corrected chi connectivity index (χ1v) is 8.65. The van der Waals surface area contributed by atoms with Crippen molar-refractivity contribution in [3.8, 4) is 0 Å². The second kappa shape index (κ2) is 17.4. The topological polar surface area (TPSA) is 23.9 Å². The van der Waals surface area contributed by atoms with Gasteiger partial charge in [-0.25, -0.2) is 0 Å². The Balaban J connectivity index is 2.93. The molecule has 1 N–H and O–H groups in total. The smallest absolute Gasteiger partial charge is 0.0234 e. The molecule has 0 aliphatic carbocycles. The molecule has 0 radical (unpaired) electrons. The van der Waals surface area contributed by atoms with Gasteiger partial charge >= 0.3 is 0 Å². The van der Waals surface area contributed by atoms with E-state index in [0.717, 1.165) is 6.42 Å². The molecule has 19 heavy (non-hydrogen) atoms. The highest BCUT2D eigenvalue weighted by atomic mass is 14.3. The van der Waals surface area contributed by atoms with E-state index in [1.54, 1.807) is 0 Å². The van der Waals surface area contributed by atoms with Crippen LogP contribution in [-0.2, 0) is 0 Å². The van der Waals surface area contributed by atoms with Crippen molar-refractivity contribution >= 4 is 5.87 Å². The summed E-state index contributed by atoms with van der Waals surface area (Å²) >= 11 is 0. The van der Waals surface area contributed by atoms with Crippen LogP contribution in [0.2, 0.25) is 0 Å². The third-order valence-corrected chi connectivity index (χ3v) is 3.80. The van der Waals surface area contributed by atoms with E-state index in [1.165, 1.54) is 89.9 Å². The van der Waals surface area contributed by atoms with E-state index in [4.69, 9.17) is 5.41 Å². The van der Waals surface area contributed by atoms with Crippen LogP contribution in [0.25, 0.3) is 0 Å². The van der Waals surface area contributed by atoms with Crippen LogP contribution in [-0.4, -0.2) is 5.87 Å². The molecule has 0 saturated carbocycles. The molecule has 0 fully saturated rings. The SMILES string of the molecule is CCCCCCCCCCCCCCCCC=C=N. The second-order valence-corrected chi connectivity index (χ2v) is 5.73. The molecular formula is C18H35N. The third-order valence-electron chi connectivity index (χ3n) is 3.80. The predicted molar refractivity (Wildman–Crippen MR) is 87.2 cm³/mol. The van der Waals surface area contributed by atoms with Crippen molar-refractivity contribution in [1.82, 2.24) is 0 Å². The maximum absolute atomic E-state index is 6.77. The molecular weight excluding hydrogens is 230 g/mol. The first kappa shape index (κ1) is 18.4. The van der Waals surface area contributed by atoms with Gasteiger partial charge in [0.25, 0.3) is 0 Å². The average Bonchev–Trinajstić information content (AvgIpc) is 2.43. The summed E-state index contributed by atoms with van der Waals surface area (Å²) in [6, 6.07) is 0. The number of unbranched alkanes of at least 4 members (excludes halogenated alkanes) is 14. The van der Waals surface area contributed by atoms with E-state index in [0.29, 0.717) is 0 Å². The summed E-state index contributed by atoms with van der Waals surface area (Å²) in [6.07, 6.45) is 22.6. The zero-order chi connectivity index (χ0) is 14.0. The number of rotatable bonds is 15. The van der Waals surface area contributed by atoms with E-state index in [-0.39, 0.29) is 0 Å². The molecule has 0 spiro atoms. The Kier molecular flexibility index (Phi) is 16.9. The van der Waals surface area contributed by atoms with Crippen LogP contribution in [0.5, 0.6) is 0 Å². The minimum atomic E-state index is 1.04. The molecule has 0 aromatic rings. The van der Waals surface area contributed by atoms with Crippen LogP contribution in [0.15, 0.2) is 6.08 Å². The van der Waals surface area contributed by atoms with E-state index >= 15 is 0 Å².